The van der Waals surface area contributed by atoms with Crippen molar-refractivity contribution in [3.8, 4) is 0 Å². The molecule has 0 unspecified atom stereocenters. The summed E-state index contributed by atoms with van der Waals surface area (Å²) in [4.78, 5) is 4.19. The first-order valence-electron chi connectivity index (χ1n) is 4.53. The van der Waals surface area contributed by atoms with Crippen LogP contribution in [0.3, 0.4) is 0 Å². The van der Waals surface area contributed by atoms with Crippen molar-refractivity contribution in [2.45, 2.75) is 5.22 Å². The summed E-state index contributed by atoms with van der Waals surface area (Å²) in [7, 11) is -3.41. The molecule has 5 nitrogen and oxygen atoms in total. The Morgan fingerprint density at radius 1 is 1.38 bits per heavy atom. The average Bonchev–Trinajstić information content (AvgIpc) is 2.57. The van der Waals surface area contributed by atoms with E-state index in [1.54, 1.807) is 0 Å². The predicted octanol–water partition coefficient (Wildman–Crippen LogP) is 1.21. The lowest BCUT2D eigenvalue weighted by molar-refractivity contribution is 0.489. The number of para-hydroxylation sites is 2. The van der Waals surface area contributed by atoms with Crippen molar-refractivity contribution < 1.29 is 12.8 Å². The van der Waals surface area contributed by atoms with E-state index >= 15 is 0 Å². The molecule has 0 aliphatic carbocycles. The normalized spacial score (nSPS) is 12.1. The predicted molar refractivity (Wildman–Crippen MR) is 62.7 cm³/mol. The molecule has 86 valence electrons. The van der Waals surface area contributed by atoms with Gasteiger partial charge in [0.05, 0.1) is 5.75 Å². The molecular formula is C9H10N2O3S2. The van der Waals surface area contributed by atoms with E-state index in [1.807, 2.05) is 24.3 Å². The summed E-state index contributed by atoms with van der Waals surface area (Å²) in [5.41, 5.74) is 1.46. The first kappa shape index (κ1) is 11.4. The fourth-order valence-electron chi connectivity index (χ4n) is 1.16. The SMILES string of the molecule is NS(=O)(=O)CCSc1nc2ccccc2o1. The van der Waals surface area contributed by atoms with Crippen molar-refractivity contribution in [3.63, 3.8) is 0 Å². The van der Waals surface area contributed by atoms with Gasteiger partial charge in [0, 0.05) is 5.75 Å². The van der Waals surface area contributed by atoms with Crippen LogP contribution < -0.4 is 5.14 Å². The van der Waals surface area contributed by atoms with Gasteiger partial charge in [0.1, 0.15) is 5.52 Å². The zero-order valence-corrected chi connectivity index (χ0v) is 9.92. The zero-order chi connectivity index (χ0) is 11.6. The molecule has 1 heterocycles. The fourth-order valence-corrected chi connectivity index (χ4v) is 2.91. The van der Waals surface area contributed by atoms with Crippen LogP contribution in [0.1, 0.15) is 0 Å². The Morgan fingerprint density at radius 3 is 2.81 bits per heavy atom. The Kier molecular flexibility index (Phi) is 3.17. The number of nitrogens with two attached hydrogens (primary N) is 1. The maximum absolute atomic E-state index is 10.7. The van der Waals surface area contributed by atoms with Gasteiger partial charge in [-0.15, -0.1) is 0 Å². The molecule has 0 radical (unpaired) electrons. The van der Waals surface area contributed by atoms with Crippen molar-refractivity contribution in [1.29, 1.82) is 0 Å². The van der Waals surface area contributed by atoms with Crippen molar-refractivity contribution in [2.24, 2.45) is 5.14 Å². The van der Waals surface area contributed by atoms with E-state index in [-0.39, 0.29) is 5.75 Å². The number of thioether (sulfide) groups is 1. The summed E-state index contributed by atoms with van der Waals surface area (Å²) in [6, 6.07) is 7.37. The minimum Gasteiger partial charge on any atom is -0.431 e. The number of fused-ring (bicyclic) bond motifs is 1. The minimum absolute atomic E-state index is 0.0869. The van der Waals surface area contributed by atoms with Crippen molar-refractivity contribution >= 4 is 32.9 Å². The molecule has 0 saturated carbocycles. The summed E-state index contributed by atoms with van der Waals surface area (Å²) < 4.78 is 26.8. The highest BCUT2D eigenvalue weighted by Gasteiger charge is 2.08. The number of nitrogens with zero attached hydrogens (tertiary/aromatic N) is 1. The molecule has 0 fully saturated rings. The van der Waals surface area contributed by atoms with Gasteiger partial charge in [-0.25, -0.2) is 18.5 Å². The molecule has 2 aromatic rings. The number of hydrogen-bond acceptors (Lipinski definition) is 5. The molecule has 0 aliphatic heterocycles. The highest BCUT2D eigenvalue weighted by atomic mass is 32.2. The average molecular weight is 258 g/mol. The molecule has 0 saturated heterocycles. The molecule has 16 heavy (non-hydrogen) atoms. The molecule has 2 rings (SSSR count). The molecule has 1 aromatic carbocycles. The molecular weight excluding hydrogens is 248 g/mol. The van der Waals surface area contributed by atoms with Crippen LogP contribution in [0.4, 0.5) is 0 Å². The summed E-state index contributed by atoms with van der Waals surface area (Å²) in [6.07, 6.45) is 0. The third kappa shape index (κ3) is 2.97. The van der Waals surface area contributed by atoms with Gasteiger partial charge >= 0.3 is 0 Å². The van der Waals surface area contributed by atoms with Crippen LogP contribution in [-0.2, 0) is 10.0 Å². The van der Waals surface area contributed by atoms with E-state index in [0.29, 0.717) is 16.6 Å². The van der Waals surface area contributed by atoms with Crippen molar-refractivity contribution in [1.82, 2.24) is 4.98 Å². The summed E-state index contributed by atoms with van der Waals surface area (Å²) in [5.74, 6) is 0.252. The molecule has 0 bridgehead atoms. The fraction of sp³-hybridized carbons (Fsp3) is 0.222. The summed E-state index contributed by atoms with van der Waals surface area (Å²) >= 11 is 1.24. The topological polar surface area (TPSA) is 86.2 Å². The molecule has 1 aromatic heterocycles. The Morgan fingerprint density at radius 2 is 2.12 bits per heavy atom. The quantitative estimate of drug-likeness (QED) is 0.833. The zero-order valence-electron chi connectivity index (χ0n) is 8.29. The van der Waals surface area contributed by atoms with Gasteiger partial charge in [0.25, 0.3) is 5.22 Å². The second-order valence-electron chi connectivity index (χ2n) is 3.16. The number of hydrogen-bond donors (Lipinski definition) is 1. The van der Waals surface area contributed by atoms with Crippen molar-refractivity contribution in [3.05, 3.63) is 24.3 Å². The van der Waals surface area contributed by atoms with Crippen LogP contribution in [0.25, 0.3) is 11.1 Å². The Hall–Kier alpha value is -1.05. The lowest BCUT2D eigenvalue weighted by Crippen LogP contribution is -2.17. The maximum atomic E-state index is 10.7. The second-order valence-corrected chi connectivity index (χ2v) is 5.94. The van der Waals surface area contributed by atoms with Gasteiger partial charge in [-0.2, -0.15) is 0 Å². The van der Waals surface area contributed by atoms with Crippen LogP contribution in [-0.4, -0.2) is 24.9 Å². The Bertz CT molecular complexity index is 559. The molecule has 7 heteroatoms. The van der Waals surface area contributed by atoms with E-state index in [1.165, 1.54) is 11.8 Å². The van der Waals surface area contributed by atoms with Gasteiger partial charge in [-0.3, -0.25) is 0 Å². The largest absolute Gasteiger partial charge is 0.431 e. The van der Waals surface area contributed by atoms with E-state index in [2.05, 4.69) is 4.98 Å². The van der Waals surface area contributed by atoms with Gasteiger partial charge in [-0.1, -0.05) is 23.9 Å². The van der Waals surface area contributed by atoms with Crippen LogP contribution >= 0.6 is 11.8 Å². The first-order valence-corrected chi connectivity index (χ1v) is 7.23. The highest BCUT2D eigenvalue weighted by molar-refractivity contribution is 8.00. The maximum Gasteiger partial charge on any atom is 0.256 e. The lowest BCUT2D eigenvalue weighted by atomic mass is 10.3. The van der Waals surface area contributed by atoms with Gasteiger partial charge < -0.3 is 4.42 Å². The third-order valence-electron chi connectivity index (χ3n) is 1.87. The molecule has 0 atom stereocenters. The van der Waals surface area contributed by atoms with E-state index in [4.69, 9.17) is 9.56 Å². The Balaban J connectivity index is 2.05. The van der Waals surface area contributed by atoms with Gasteiger partial charge in [0.15, 0.2) is 5.58 Å². The standard InChI is InChI=1S/C9H10N2O3S2/c10-16(12,13)6-5-15-9-11-7-3-1-2-4-8(7)14-9/h1-4H,5-6H2,(H2,10,12,13). The second kappa shape index (κ2) is 4.44. The molecule has 0 spiro atoms. The molecule has 0 aliphatic rings. The van der Waals surface area contributed by atoms with Gasteiger partial charge in [-0.05, 0) is 12.1 Å². The number of rotatable bonds is 4. The lowest BCUT2D eigenvalue weighted by Gasteiger charge is -1.94. The smallest absolute Gasteiger partial charge is 0.256 e. The van der Waals surface area contributed by atoms with E-state index in [0.717, 1.165) is 5.52 Å². The summed E-state index contributed by atoms with van der Waals surface area (Å²) in [6.45, 7) is 0. The molecule has 0 amide bonds. The van der Waals surface area contributed by atoms with Crippen LogP contribution in [0.15, 0.2) is 33.9 Å². The van der Waals surface area contributed by atoms with Crippen LogP contribution in [0.5, 0.6) is 0 Å². The first-order chi connectivity index (χ1) is 7.54. The number of benzene rings is 1. The Labute approximate surface area is 97.1 Å². The highest BCUT2D eigenvalue weighted by Crippen LogP contribution is 2.22. The van der Waals surface area contributed by atoms with Crippen LogP contribution in [0.2, 0.25) is 0 Å². The number of aromatic nitrogens is 1. The van der Waals surface area contributed by atoms with E-state index < -0.39 is 10.0 Å². The van der Waals surface area contributed by atoms with Crippen LogP contribution in [0, 0.1) is 0 Å². The monoisotopic (exact) mass is 258 g/mol. The summed E-state index contributed by atoms with van der Waals surface area (Å²) in [5, 5.41) is 5.35. The number of sulfonamides is 1. The number of oxazole rings is 1. The van der Waals surface area contributed by atoms with Gasteiger partial charge in [0.2, 0.25) is 10.0 Å². The number of primary sulfonamides is 1. The van der Waals surface area contributed by atoms with E-state index in [9.17, 15) is 8.42 Å². The molecule has 2 N–H and O–H groups in total. The van der Waals surface area contributed by atoms with Crippen molar-refractivity contribution in [2.75, 3.05) is 11.5 Å². The minimum atomic E-state index is -3.41. The third-order valence-corrected chi connectivity index (χ3v) is 3.73.